The van der Waals surface area contributed by atoms with Crippen LogP contribution < -0.4 is 10.6 Å². The van der Waals surface area contributed by atoms with Crippen LogP contribution >= 0.6 is 12.4 Å². The molecule has 1 unspecified atom stereocenters. The van der Waals surface area contributed by atoms with Gasteiger partial charge in [-0.2, -0.15) is 5.10 Å². The molecule has 5 heteroatoms. The fourth-order valence-electron chi connectivity index (χ4n) is 1.68. The third-order valence-electron chi connectivity index (χ3n) is 2.34. The first kappa shape index (κ1) is 11.2. The Bertz CT molecular complexity index is 267. The maximum Gasteiger partial charge on any atom is 0.151 e. The molecule has 1 saturated heterocycles. The molecule has 1 aliphatic rings. The van der Waals surface area contributed by atoms with Crippen LogP contribution in [0.5, 0.6) is 0 Å². The number of anilines is 1. The Morgan fingerprint density at radius 3 is 3.00 bits per heavy atom. The van der Waals surface area contributed by atoms with E-state index in [9.17, 15) is 0 Å². The molecule has 0 bridgehead atoms. The predicted molar refractivity (Wildman–Crippen MR) is 58.7 cm³/mol. The number of nitrogens with two attached hydrogens (primary N) is 1. The molecule has 0 radical (unpaired) electrons. The van der Waals surface area contributed by atoms with Crippen LogP contribution in [0.1, 0.15) is 12.8 Å². The normalized spacial score (nSPS) is 21.5. The summed E-state index contributed by atoms with van der Waals surface area (Å²) in [5.74, 6) is 0.942. The zero-order chi connectivity index (χ0) is 9.10. The van der Waals surface area contributed by atoms with Gasteiger partial charge in [-0.15, -0.1) is 17.5 Å². The summed E-state index contributed by atoms with van der Waals surface area (Å²) in [5, 5.41) is 7.91. The number of hydrogen-bond acceptors (Lipinski definition) is 4. The molecule has 14 heavy (non-hydrogen) atoms. The first-order valence-electron chi connectivity index (χ1n) is 4.64. The van der Waals surface area contributed by atoms with Gasteiger partial charge in [-0.05, 0) is 25.0 Å². The van der Waals surface area contributed by atoms with Crippen LogP contribution in [0, 0.1) is 0 Å². The Kier molecular flexibility index (Phi) is 4.10. The zero-order valence-electron chi connectivity index (χ0n) is 7.97. The van der Waals surface area contributed by atoms with Crippen molar-refractivity contribution in [3.63, 3.8) is 0 Å². The monoisotopic (exact) mass is 214 g/mol. The van der Waals surface area contributed by atoms with Crippen LogP contribution in [0.15, 0.2) is 18.3 Å². The van der Waals surface area contributed by atoms with Gasteiger partial charge in [-0.25, -0.2) is 0 Å². The molecule has 0 saturated carbocycles. The minimum atomic E-state index is 0. The van der Waals surface area contributed by atoms with Gasteiger partial charge in [0.2, 0.25) is 0 Å². The molecule has 78 valence electrons. The van der Waals surface area contributed by atoms with E-state index in [0.29, 0.717) is 0 Å². The molecule has 1 fully saturated rings. The van der Waals surface area contributed by atoms with Crippen LogP contribution in [0.2, 0.25) is 0 Å². The largest absolute Gasteiger partial charge is 0.354 e. The van der Waals surface area contributed by atoms with Crippen molar-refractivity contribution in [3.8, 4) is 0 Å². The van der Waals surface area contributed by atoms with Gasteiger partial charge in [-0.1, -0.05) is 0 Å². The van der Waals surface area contributed by atoms with Crippen molar-refractivity contribution in [1.29, 1.82) is 0 Å². The number of rotatable bonds is 1. The summed E-state index contributed by atoms with van der Waals surface area (Å²) in [7, 11) is 0. The molecular weight excluding hydrogens is 200 g/mol. The van der Waals surface area contributed by atoms with Crippen LogP contribution in [0.25, 0.3) is 0 Å². The highest BCUT2D eigenvalue weighted by Crippen LogP contribution is 2.15. The molecule has 1 aliphatic heterocycles. The molecule has 2 rings (SSSR count). The number of halogens is 1. The summed E-state index contributed by atoms with van der Waals surface area (Å²) in [6.07, 6.45) is 3.96. The summed E-state index contributed by atoms with van der Waals surface area (Å²) in [5.41, 5.74) is 5.87. The molecule has 1 aromatic rings. The van der Waals surface area contributed by atoms with E-state index in [1.807, 2.05) is 12.1 Å². The van der Waals surface area contributed by atoms with E-state index >= 15 is 0 Å². The molecule has 0 aromatic carbocycles. The highest BCUT2D eigenvalue weighted by atomic mass is 35.5. The fourth-order valence-corrected chi connectivity index (χ4v) is 1.68. The van der Waals surface area contributed by atoms with Gasteiger partial charge in [0.05, 0.1) is 0 Å². The van der Waals surface area contributed by atoms with Gasteiger partial charge < -0.3 is 10.6 Å². The van der Waals surface area contributed by atoms with Crippen molar-refractivity contribution in [2.24, 2.45) is 5.73 Å². The Morgan fingerprint density at radius 1 is 1.50 bits per heavy atom. The standard InChI is InChI=1S/C9H14N4.ClH/c10-8-3-2-6-13(7-8)9-4-1-5-11-12-9;/h1,4-5,8H,2-3,6-7,10H2;1H. The summed E-state index contributed by atoms with van der Waals surface area (Å²) >= 11 is 0. The lowest BCUT2D eigenvalue weighted by atomic mass is 10.1. The first-order valence-corrected chi connectivity index (χ1v) is 4.64. The van der Waals surface area contributed by atoms with Crippen LogP contribution in [0.4, 0.5) is 5.82 Å². The minimum Gasteiger partial charge on any atom is -0.354 e. The molecule has 2 heterocycles. The van der Waals surface area contributed by atoms with Gasteiger partial charge in [0.25, 0.3) is 0 Å². The Labute approximate surface area is 89.9 Å². The van der Waals surface area contributed by atoms with E-state index in [2.05, 4.69) is 15.1 Å². The van der Waals surface area contributed by atoms with E-state index in [0.717, 1.165) is 31.7 Å². The van der Waals surface area contributed by atoms with Crippen molar-refractivity contribution in [2.75, 3.05) is 18.0 Å². The van der Waals surface area contributed by atoms with Gasteiger partial charge >= 0.3 is 0 Å². The average molecular weight is 215 g/mol. The summed E-state index contributed by atoms with van der Waals surface area (Å²) < 4.78 is 0. The topological polar surface area (TPSA) is 55.0 Å². The number of hydrogen-bond donors (Lipinski definition) is 1. The summed E-state index contributed by atoms with van der Waals surface area (Å²) in [6, 6.07) is 4.17. The number of nitrogens with zero attached hydrogens (tertiary/aromatic N) is 3. The molecule has 2 N–H and O–H groups in total. The third-order valence-corrected chi connectivity index (χ3v) is 2.34. The van der Waals surface area contributed by atoms with E-state index in [1.54, 1.807) is 6.20 Å². The van der Waals surface area contributed by atoms with Crippen molar-refractivity contribution in [1.82, 2.24) is 10.2 Å². The minimum absolute atomic E-state index is 0. The molecule has 0 spiro atoms. The molecule has 1 atom stereocenters. The maximum absolute atomic E-state index is 5.87. The van der Waals surface area contributed by atoms with Gasteiger partial charge in [0.15, 0.2) is 5.82 Å². The molecule has 1 aromatic heterocycles. The quantitative estimate of drug-likeness (QED) is 0.753. The Morgan fingerprint density at radius 2 is 2.36 bits per heavy atom. The summed E-state index contributed by atoms with van der Waals surface area (Å²) in [4.78, 5) is 2.20. The average Bonchev–Trinajstić information content (AvgIpc) is 2.19. The summed E-state index contributed by atoms with van der Waals surface area (Å²) in [6.45, 7) is 1.95. The second-order valence-electron chi connectivity index (χ2n) is 3.43. The van der Waals surface area contributed by atoms with Crippen molar-refractivity contribution in [3.05, 3.63) is 18.3 Å². The third kappa shape index (κ3) is 2.56. The van der Waals surface area contributed by atoms with Crippen LogP contribution in [-0.2, 0) is 0 Å². The van der Waals surface area contributed by atoms with Gasteiger partial charge in [0, 0.05) is 25.3 Å². The Balaban J connectivity index is 0.000000980. The highest BCUT2D eigenvalue weighted by molar-refractivity contribution is 5.85. The lowest BCUT2D eigenvalue weighted by Gasteiger charge is -2.31. The van der Waals surface area contributed by atoms with E-state index in [4.69, 9.17) is 5.73 Å². The van der Waals surface area contributed by atoms with E-state index in [-0.39, 0.29) is 18.4 Å². The lowest BCUT2D eigenvalue weighted by Crippen LogP contribution is -2.43. The molecule has 0 amide bonds. The zero-order valence-corrected chi connectivity index (χ0v) is 8.78. The second kappa shape index (κ2) is 5.12. The van der Waals surface area contributed by atoms with Crippen molar-refractivity contribution >= 4 is 18.2 Å². The predicted octanol–water partition coefficient (Wildman–Crippen LogP) is 0.826. The molecule has 4 nitrogen and oxygen atoms in total. The Hall–Kier alpha value is -0.870. The molecular formula is C9H15ClN4. The van der Waals surface area contributed by atoms with Gasteiger partial charge in [-0.3, -0.25) is 0 Å². The SMILES string of the molecule is Cl.NC1CCCN(c2cccnn2)C1. The second-order valence-corrected chi connectivity index (χ2v) is 3.43. The van der Waals surface area contributed by atoms with Crippen molar-refractivity contribution < 1.29 is 0 Å². The van der Waals surface area contributed by atoms with Crippen molar-refractivity contribution in [2.45, 2.75) is 18.9 Å². The maximum atomic E-state index is 5.87. The van der Waals surface area contributed by atoms with Crippen LogP contribution in [-0.4, -0.2) is 29.3 Å². The van der Waals surface area contributed by atoms with E-state index < -0.39 is 0 Å². The lowest BCUT2D eigenvalue weighted by molar-refractivity contribution is 0.502. The first-order chi connectivity index (χ1) is 6.36. The smallest absolute Gasteiger partial charge is 0.151 e. The number of piperidine rings is 1. The highest BCUT2D eigenvalue weighted by Gasteiger charge is 2.17. The molecule has 0 aliphatic carbocycles. The van der Waals surface area contributed by atoms with Gasteiger partial charge in [0.1, 0.15) is 0 Å². The van der Waals surface area contributed by atoms with Crippen LogP contribution in [0.3, 0.4) is 0 Å². The fraction of sp³-hybridized carbons (Fsp3) is 0.556. The number of aromatic nitrogens is 2. The van der Waals surface area contributed by atoms with E-state index in [1.165, 1.54) is 0 Å².